The Morgan fingerprint density at radius 2 is 2.18 bits per heavy atom. The highest BCUT2D eigenvalue weighted by Crippen LogP contribution is 2.14. The van der Waals surface area contributed by atoms with Gasteiger partial charge >= 0.3 is 0 Å². The zero-order chi connectivity index (χ0) is 12.7. The van der Waals surface area contributed by atoms with Crippen LogP contribution in [0.4, 0.5) is 4.39 Å². The fourth-order valence-electron chi connectivity index (χ4n) is 1.45. The van der Waals surface area contributed by atoms with E-state index in [0.29, 0.717) is 23.6 Å². The minimum atomic E-state index is -0.286. The predicted octanol–water partition coefficient (Wildman–Crippen LogP) is 2.22. The molecule has 3 nitrogen and oxygen atoms in total. The highest BCUT2D eigenvalue weighted by atomic mass is 35.5. The lowest BCUT2D eigenvalue weighted by Crippen LogP contribution is -2.16. The van der Waals surface area contributed by atoms with Crippen molar-refractivity contribution in [3.05, 3.63) is 34.6 Å². The number of benzene rings is 1. The Morgan fingerprint density at radius 3 is 2.88 bits per heavy atom. The van der Waals surface area contributed by atoms with Crippen molar-refractivity contribution in [2.24, 2.45) is 5.73 Å². The minimum Gasteiger partial charge on any atom is -0.370 e. The smallest absolute Gasteiger partial charge is 0.217 e. The normalized spacial score (nSPS) is 10.5. The topological polar surface area (TPSA) is 55.1 Å². The molecule has 0 fully saturated rings. The van der Waals surface area contributed by atoms with E-state index in [-0.39, 0.29) is 11.7 Å². The van der Waals surface area contributed by atoms with Gasteiger partial charge in [-0.2, -0.15) is 0 Å². The molecule has 0 atom stereocenters. The number of carbonyl (C=O) groups excluding carboxylic acids is 1. The standard InChI is InChI=1S/C12H16ClFN2O/c13-10-4-5-11(14)9(7-10)8-16-6-2-1-3-12(15)17/h4-5,7,16H,1-3,6,8H2,(H2,15,17). The number of amides is 1. The number of nitrogens with two attached hydrogens (primary N) is 1. The molecule has 0 spiro atoms. The molecule has 0 aliphatic carbocycles. The average molecular weight is 259 g/mol. The van der Waals surface area contributed by atoms with E-state index in [2.05, 4.69) is 5.32 Å². The van der Waals surface area contributed by atoms with Crippen LogP contribution in [0.15, 0.2) is 18.2 Å². The molecule has 0 saturated heterocycles. The lowest BCUT2D eigenvalue weighted by atomic mass is 10.2. The summed E-state index contributed by atoms with van der Waals surface area (Å²) >= 11 is 5.77. The maximum absolute atomic E-state index is 13.3. The Hall–Kier alpha value is -1.13. The van der Waals surface area contributed by atoms with Gasteiger partial charge in [-0.3, -0.25) is 4.79 Å². The first kappa shape index (κ1) is 13.9. The monoisotopic (exact) mass is 258 g/mol. The maximum atomic E-state index is 13.3. The van der Waals surface area contributed by atoms with Crippen LogP contribution in [0.3, 0.4) is 0 Å². The van der Waals surface area contributed by atoms with E-state index in [9.17, 15) is 9.18 Å². The van der Waals surface area contributed by atoms with Crippen molar-refractivity contribution in [3.8, 4) is 0 Å². The molecule has 3 N–H and O–H groups in total. The second-order valence-electron chi connectivity index (χ2n) is 3.84. The maximum Gasteiger partial charge on any atom is 0.217 e. The summed E-state index contributed by atoms with van der Waals surface area (Å²) in [5.41, 5.74) is 5.56. The SMILES string of the molecule is NC(=O)CCCCNCc1cc(Cl)ccc1F. The number of carbonyl (C=O) groups is 1. The zero-order valence-electron chi connectivity index (χ0n) is 9.51. The molecular weight excluding hydrogens is 243 g/mol. The van der Waals surface area contributed by atoms with E-state index in [0.717, 1.165) is 19.4 Å². The van der Waals surface area contributed by atoms with E-state index >= 15 is 0 Å². The third-order valence-corrected chi connectivity index (χ3v) is 2.59. The Morgan fingerprint density at radius 1 is 1.41 bits per heavy atom. The minimum absolute atomic E-state index is 0.265. The molecule has 0 bridgehead atoms. The molecule has 17 heavy (non-hydrogen) atoms. The van der Waals surface area contributed by atoms with Gasteiger partial charge in [-0.05, 0) is 37.6 Å². The van der Waals surface area contributed by atoms with Crippen LogP contribution in [-0.2, 0) is 11.3 Å². The number of halogens is 2. The van der Waals surface area contributed by atoms with Gasteiger partial charge in [0.1, 0.15) is 5.82 Å². The second-order valence-corrected chi connectivity index (χ2v) is 4.27. The molecule has 0 heterocycles. The van der Waals surface area contributed by atoms with Crippen LogP contribution in [0, 0.1) is 5.82 Å². The van der Waals surface area contributed by atoms with Crippen molar-refractivity contribution in [3.63, 3.8) is 0 Å². The van der Waals surface area contributed by atoms with E-state index < -0.39 is 0 Å². The van der Waals surface area contributed by atoms with Gasteiger partial charge in [0.15, 0.2) is 0 Å². The highest BCUT2D eigenvalue weighted by molar-refractivity contribution is 6.30. The van der Waals surface area contributed by atoms with E-state index in [1.165, 1.54) is 12.1 Å². The number of unbranched alkanes of at least 4 members (excludes halogenated alkanes) is 1. The first-order valence-electron chi connectivity index (χ1n) is 5.52. The largest absolute Gasteiger partial charge is 0.370 e. The Labute approximate surface area is 105 Å². The molecule has 94 valence electrons. The summed E-state index contributed by atoms with van der Waals surface area (Å²) in [6, 6.07) is 4.48. The van der Waals surface area contributed by atoms with Crippen LogP contribution < -0.4 is 11.1 Å². The van der Waals surface area contributed by atoms with Gasteiger partial charge in [-0.15, -0.1) is 0 Å². The van der Waals surface area contributed by atoms with Crippen LogP contribution >= 0.6 is 11.6 Å². The summed E-state index contributed by atoms with van der Waals surface area (Å²) in [5, 5.41) is 3.62. The summed E-state index contributed by atoms with van der Waals surface area (Å²) in [5.74, 6) is -0.551. The van der Waals surface area contributed by atoms with Crippen LogP contribution in [0.5, 0.6) is 0 Å². The van der Waals surface area contributed by atoms with Gasteiger partial charge in [0.25, 0.3) is 0 Å². The highest BCUT2D eigenvalue weighted by Gasteiger charge is 2.02. The van der Waals surface area contributed by atoms with Gasteiger partial charge in [0.2, 0.25) is 5.91 Å². The number of nitrogens with one attached hydrogen (secondary N) is 1. The lowest BCUT2D eigenvalue weighted by Gasteiger charge is -2.06. The number of hydrogen-bond acceptors (Lipinski definition) is 2. The van der Waals surface area contributed by atoms with Crippen LogP contribution in [-0.4, -0.2) is 12.5 Å². The molecule has 1 rings (SSSR count). The predicted molar refractivity (Wildman–Crippen MR) is 66.2 cm³/mol. The first-order valence-corrected chi connectivity index (χ1v) is 5.90. The molecule has 0 radical (unpaired) electrons. The fraction of sp³-hybridized carbons (Fsp3) is 0.417. The number of primary amides is 1. The number of hydrogen-bond donors (Lipinski definition) is 2. The van der Waals surface area contributed by atoms with Gasteiger partial charge in [-0.1, -0.05) is 11.6 Å². The van der Waals surface area contributed by atoms with E-state index in [1.54, 1.807) is 6.07 Å². The molecule has 0 aromatic heterocycles. The van der Waals surface area contributed by atoms with Crippen molar-refractivity contribution in [1.29, 1.82) is 0 Å². The van der Waals surface area contributed by atoms with Gasteiger partial charge in [0, 0.05) is 23.6 Å². The summed E-state index contributed by atoms with van der Waals surface area (Å²) in [6.45, 7) is 1.15. The van der Waals surface area contributed by atoms with Crippen molar-refractivity contribution in [1.82, 2.24) is 5.32 Å². The Bertz CT molecular complexity index is 385. The molecule has 0 unspecified atom stereocenters. The van der Waals surface area contributed by atoms with Gasteiger partial charge in [-0.25, -0.2) is 4.39 Å². The van der Waals surface area contributed by atoms with E-state index in [1.807, 2.05) is 0 Å². The molecule has 5 heteroatoms. The van der Waals surface area contributed by atoms with Crippen LogP contribution in [0.1, 0.15) is 24.8 Å². The molecule has 0 saturated carbocycles. The second kappa shape index (κ2) is 7.25. The Balaban J connectivity index is 2.22. The lowest BCUT2D eigenvalue weighted by molar-refractivity contribution is -0.118. The summed E-state index contributed by atoms with van der Waals surface area (Å²) in [6.07, 6.45) is 1.98. The number of rotatable bonds is 7. The van der Waals surface area contributed by atoms with E-state index in [4.69, 9.17) is 17.3 Å². The summed E-state index contributed by atoms with van der Waals surface area (Å²) in [7, 11) is 0. The third-order valence-electron chi connectivity index (χ3n) is 2.35. The molecule has 0 aliphatic rings. The summed E-state index contributed by atoms with van der Waals surface area (Å²) in [4.78, 5) is 10.5. The molecule has 1 aromatic carbocycles. The van der Waals surface area contributed by atoms with Crippen molar-refractivity contribution in [2.45, 2.75) is 25.8 Å². The quantitative estimate of drug-likeness (QED) is 0.737. The average Bonchev–Trinajstić information content (AvgIpc) is 2.27. The summed E-state index contributed by atoms with van der Waals surface area (Å²) < 4.78 is 13.3. The Kier molecular flexibility index (Phi) is 5.94. The fourth-order valence-corrected chi connectivity index (χ4v) is 1.65. The molecule has 1 aromatic rings. The van der Waals surface area contributed by atoms with Crippen molar-refractivity contribution < 1.29 is 9.18 Å². The third kappa shape index (κ3) is 5.65. The van der Waals surface area contributed by atoms with Gasteiger partial charge in [0.05, 0.1) is 0 Å². The van der Waals surface area contributed by atoms with Crippen LogP contribution in [0.2, 0.25) is 5.02 Å². The molecule has 0 aliphatic heterocycles. The molecular formula is C12H16ClFN2O. The molecule has 1 amide bonds. The van der Waals surface area contributed by atoms with Crippen molar-refractivity contribution in [2.75, 3.05) is 6.54 Å². The van der Waals surface area contributed by atoms with Gasteiger partial charge < -0.3 is 11.1 Å². The first-order chi connectivity index (χ1) is 8.09. The van der Waals surface area contributed by atoms with Crippen LogP contribution in [0.25, 0.3) is 0 Å². The van der Waals surface area contributed by atoms with Crippen molar-refractivity contribution >= 4 is 17.5 Å². The zero-order valence-corrected chi connectivity index (χ0v) is 10.3.